The molecule has 0 saturated heterocycles. The van der Waals surface area contributed by atoms with Crippen molar-refractivity contribution in [3.63, 3.8) is 0 Å². The minimum atomic E-state index is 0.466. The fourth-order valence-corrected chi connectivity index (χ4v) is 1.03. The monoisotopic (exact) mass is 161 g/mol. The molecule has 12 heavy (non-hydrogen) atoms. The molecule has 2 rings (SSSR count). The Labute approximate surface area is 69.2 Å². The summed E-state index contributed by atoms with van der Waals surface area (Å²) in [5.41, 5.74) is 0.745. The molecule has 0 aliphatic heterocycles. The van der Waals surface area contributed by atoms with Gasteiger partial charge < -0.3 is 4.74 Å². The molecule has 0 aliphatic rings. The summed E-state index contributed by atoms with van der Waals surface area (Å²) in [6.07, 6.45) is 3.36. The summed E-state index contributed by atoms with van der Waals surface area (Å²) in [6, 6.07) is 3.77. The van der Waals surface area contributed by atoms with Crippen molar-refractivity contribution in [3.05, 3.63) is 24.5 Å². The maximum atomic E-state index is 4.99. The molecule has 0 aliphatic carbocycles. The van der Waals surface area contributed by atoms with E-state index in [-0.39, 0.29) is 0 Å². The molecular formula is C8H7N3O. The van der Waals surface area contributed by atoms with E-state index in [1.807, 2.05) is 12.1 Å². The quantitative estimate of drug-likeness (QED) is 0.626. The van der Waals surface area contributed by atoms with Crippen LogP contribution < -0.4 is 4.74 Å². The summed E-state index contributed by atoms with van der Waals surface area (Å²) in [7, 11) is 1.55. The van der Waals surface area contributed by atoms with Gasteiger partial charge in [-0.1, -0.05) is 0 Å². The summed E-state index contributed by atoms with van der Waals surface area (Å²) >= 11 is 0. The number of hydrogen-bond acceptors (Lipinski definition) is 4. The van der Waals surface area contributed by atoms with Crippen molar-refractivity contribution in [3.8, 4) is 5.88 Å². The van der Waals surface area contributed by atoms with Crippen LogP contribution in [0.25, 0.3) is 10.9 Å². The van der Waals surface area contributed by atoms with Gasteiger partial charge in [-0.25, -0.2) is 0 Å². The fraction of sp³-hybridized carbons (Fsp3) is 0.125. The zero-order valence-corrected chi connectivity index (χ0v) is 6.56. The van der Waals surface area contributed by atoms with E-state index in [4.69, 9.17) is 4.74 Å². The van der Waals surface area contributed by atoms with Crippen molar-refractivity contribution in [1.29, 1.82) is 0 Å². The zero-order chi connectivity index (χ0) is 8.39. The van der Waals surface area contributed by atoms with Crippen LogP contribution in [0, 0.1) is 0 Å². The Morgan fingerprint density at radius 3 is 3.17 bits per heavy atom. The Morgan fingerprint density at radius 1 is 1.42 bits per heavy atom. The van der Waals surface area contributed by atoms with E-state index >= 15 is 0 Å². The largest absolute Gasteiger partial charge is 0.478 e. The SMILES string of the molecule is COc1nncc2cccnc12. The molecule has 0 atom stereocenters. The molecule has 2 aromatic heterocycles. The number of nitrogens with zero attached hydrogens (tertiary/aromatic N) is 3. The Hall–Kier alpha value is -1.71. The van der Waals surface area contributed by atoms with Gasteiger partial charge in [-0.2, -0.15) is 5.10 Å². The van der Waals surface area contributed by atoms with E-state index in [0.29, 0.717) is 5.88 Å². The number of rotatable bonds is 1. The van der Waals surface area contributed by atoms with Crippen LogP contribution in [-0.2, 0) is 0 Å². The fourth-order valence-electron chi connectivity index (χ4n) is 1.03. The molecule has 2 heterocycles. The van der Waals surface area contributed by atoms with Crippen LogP contribution in [0.5, 0.6) is 5.88 Å². The van der Waals surface area contributed by atoms with Gasteiger partial charge in [-0.05, 0) is 12.1 Å². The second kappa shape index (κ2) is 2.73. The van der Waals surface area contributed by atoms with E-state index in [1.54, 1.807) is 19.5 Å². The maximum Gasteiger partial charge on any atom is 0.259 e. The molecule has 0 amide bonds. The number of fused-ring (bicyclic) bond motifs is 1. The lowest BCUT2D eigenvalue weighted by molar-refractivity contribution is 0.397. The lowest BCUT2D eigenvalue weighted by atomic mass is 10.3. The number of pyridine rings is 1. The van der Waals surface area contributed by atoms with Gasteiger partial charge >= 0.3 is 0 Å². The highest BCUT2D eigenvalue weighted by molar-refractivity contribution is 5.81. The molecule has 0 spiro atoms. The van der Waals surface area contributed by atoms with Crippen molar-refractivity contribution in [2.24, 2.45) is 0 Å². The third-order valence-electron chi connectivity index (χ3n) is 1.58. The van der Waals surface area contributed by atoms with Gasteiger partial charge in [0.15, 0.2) is 0 Å². The number of hydrogen-bond donors (Lipinski definition) is 0. The van der Waals surface area contributed by atoms with Gasteiger partial charge in [0.1, 0.15) is 5.52 Å². The Kier molecular flexibility index (Phi) is 1.59. The van der Waals surface area contributed by atoms with E-state index in [0.717, 1.165) is 10.9 Å². The summed E-state index contributed by atoms with van der Waals surface area (Å²) < 4.78 is 4.99. The molecule has 0 fully saturated rings. The first-order valence-corrected chi connectivity index (χ1v) is 3.52. The molecule has 0 radical (unpaired) electrons. The van der Waals surface area contributed by atoms with E-state index < -0.39 is 0 Å². The Bertz CT molecular complexity index is 397. The van der Waals surface area contributed by atoms with E-state index in [1.165, 1.54) is 0 Å². The van der Waals surface area contributed by atoms with Crippen molar-refractivity contribution in [1.82, 2.24) is 15.2 Å². The second-order valence-corrected chi connectivity index (χ2v) is 2.30. The van der Waals surface area contributed by atoms with E-state index in [9.17, 15) is 0 Å². The molecule has 2 aromatic rings. The molecule has 0 saturated carbocycles. The first kappa shape index (κ1) is 6.97. The van der Waals surface area contributed by atoms with Crippen LogP contribution in [-0.4, -0.2) is 22.3 Å². The summed E-state index contributed by atoms with van der Waals surface area (Å²) in [6.45, 7) is 0. The molecule has 0 N–H and O–H groups in total. The minimum absolute atomic E-state index is 0.466. The third kappa shape index (κ3) is 0.972. The Morgan fingerprint density at radius 2 is 2.33 bits per heavy atom. The number of aromatic nitrogens is 3. The molecule has 0 unspecified atom stereocenters. The van der Waals surface area contributed by atoms with Gasteiger partial charge in [0.05, 0.1) is 13.3 Å². The van der Waals surface area contributed by atoms with E-state index in [2.05, 4.69) is 15.2 Å². The van der Waals surface area contributed by atoms with Crippen molar-refractivity contribution in [2.45, 2.75) is 0 Å². The van der Waals surface area contributed by atoms with Crippen molar-refractivity contribution < 1.29 is 4.74 Å². The third-order valence-corrected chi connectivity index (χ3v) is 1.58. The molecule has 4 nitrogen and oxygen atoms in total. The average molecular weight is 161 g/mol. The van der Waals surface area contributed by atoms with Crippen LogP contribution in [0.4, 0.5) is 0 Å². The molecule has 60 valence electrons. The first-order valence-electron chi connectivity index (χ1n) is 3.52. The Balaban J connectivity index is 2.79. The average Bonchev–Trinajstić information content (AvgIpc) is 2.17. The standard InChI is InChI=1S/C8H7N3O/c1-12-8-7-6(5-10-11-8)3-2-4-9-7/h2-5H,1H3. The van der Waals surface area contributed by atoms with Crippen LogP contribution >= 0.6 is 0 Å². The van der Waals surface area contributed by atoms with Crippen molar-refractivity contribution in [2.75, 3.05) is 7.11 Å². The molecule has 0 bridgehead atoms. The van der Waals surface area contributed by atoms with Crippen LogP contribution in [0.3, 0.4) is 0 Å². The lowest BCUT2D eigenvalue weighted by Crippen LogP contribution is -1.92. The lowest BCUT2D eigenvalue weighted by Gasteiger charge is -1.99. The highest BCUT2D eigenvalue weighted by atomic mass is 16.5. The smallest absolute Gasteiger partial charge is 0.259 e. The summed E-state index contributed by atoms with van der Waals surface area (Å²) in [4.78, 5) is 4.12. The zero-order valence-electron chi connectivity index (χ0n) is 6.56. The van der Waals surface area contributed by atoms with Crippen LogP contribution in [0.15, 0.2) is 24.5 Å². The van der Waals surface area contributed by atoms with Crippen LogP contribution in [0.2, 0.25) is 0 Å². The first-order chi connectivity index (χ1) is 5.92. The summed E-state index contributed by atoms with van der Waals surface area (Å²) in [5.74, 6) is 0.466. The van der Waals surface area contributed by atoms with Gasteiger partial charge in [-0.3, -0.25) is 4.98 Å². The van der Waals surface area contributed by atoms with Gasteiger partial charge in [0.25, 0.3) is 5.88 Å². The molecular weight excluding hydrogens is 154 g/mol. The minimum Gasteiger partial charge on any atom is -0.478 e. The number of ether oxygens (including phenoxy) is 1. The van der Waals surface area contributed by atoms with Gasteiger partial charge in [0.2, 0.25) is 0 Å². The predicted molar refractivity (Wildman–Crippen MR) is 43.9 cm³/mol. The van der Waals surface area contributed by atoms with Gasteiger partial charge in [0, 0.05) is 11.6 Å². The molecule has 0 aromatic carbocycles. The predicted octanol–water partition coefficient (Wildman–Crippen LogP) is 1.03. The maximum absolute atomic E-state index is 4.99. The number of methoxy groups -OCH3 is 1. The van der Waals surface area contributed by atoms with Crippen molar-refractivity contribution >= 4 is 10.9 Å². The topological polar surface area (TPSA) is 47.9 Å². The summed E-state index contributed by atoms with van der Waals surface area (Å²) in [5, 5.41) is 8.49. The van der Waals surface area contributed by atoms with Crippen LogP contribution in [0.1, 0.15) is 0 Å². The molecule has 4 heteroatoms. The highest BCUT2D eigenvalue weighted by Crippen LogP contribution is 2.17. The van der Waals surface area contributed by atoms with Gasteiger partial charge in [-0.15, -0.1) is 5.10 Å². The second-order valence-electron chi connectivity index (χ2n) is 2.30. The normalized spacial score (nSPS) is 10.1. The highest BCUT2D eigenvalue weighted by Gasteiger charge is 2.01.